The van der Waals surface area contributed by atoms with Crippen molar-refractivity contribution in [3.8, 4) is 0 Å². The van der Waals surface area contributed by atoms with Crippen molar-refractivity contribution in [2.75, 3.05) is 52.9 Å². The van der Waals surface area contributed by atoms with Gasteiger partial charge in [-0.2, -0.15) is 0 Å². The van der Waals surface area contributed by atoms with Crippen molar-refractivity contribution in [2.45, 2.75) is 39.2 Å². The molecule has 0 saturated carbocycles. The van der Waals surface area contributed by atoms with Crippen molar-refractivity contribution in [1.82, 2.24) is 20.4 Å². The number of nitrogens with one attached hydrogen (secondary N) is 2. The first-order valence-electron chi connectivity index (χ1n) is 8.26. The summed E-state index contributed by atoms with van der Waals surface area (Å²) in [6, 6.07) is 0. The number of nitrogens with zero attached hydrogens (tertiary/aromatic N) is 2. The molecule has 0 radical (unpaired) electrons. The van der Waals surface area contributed by atoms with Crippen LogP contribution in [-0.2, 0) is 4.79 Å². The Labute approximate surface area is 129 Å². The van der Waals surface area contributed by atoms with Gasteiger partial charge in [0.15, 0.2) is 0 Å². The molecule has 1 amide bonds. The number of hydrogen-bond donors (Lipinski definition) is 2. The first-order valence-corrected chi connectivity index (χ1v) is 8.26. The Balaban J connectivity index is 1.84. The minimum atomic E-state index is -0.191. The molecule has 0 atom stereocenters. The van der Waals surface area contributed by atoms with Crippen LogP contribution in [0.5, 0.6) is 0 Å². The van der Waals surface area contributed by atoms with Gasteiger partial charge in [0.2, 0.25) is 5.91 Å². The molecule has 2 heterocycles. The van der Waals surface area contributed by atoms with Crippen LogP contribution in [0.1, 0.15) is 33.6 Å². The molecule has 0 spiro atoms. The summed E-state index contributed by atoms with van der Waals surface area (Å²) in [7, 11) is 2.17. The van der Waals surface area contributed by atoms with Gasteiger partial charge >= 0.3 is 0 Å². The minimum Gasteiger partial charge on any atom is -0.354 e. The molecule has 2 aliphatic rings. The molecule has 0 aromatic rings. The number of piperidine rings is 1. The summed E-state index contributed by atoms with van der Waals surface area (Å²) in [5.74, 6) is 0.228. The number of hydrogen-bond acceptors (Lipinski definition) is 4. The molecule has 2 saturated heterocycles. The second-order valence-electron chi connectivity index (χ2n) is 7.60. The average molecular weight is 296 g/mol. The van der Waals surface area contributed by atoms with Crippen molar-refractivity contribution in [3.05, 3.63) is 0 Å². The quantitative estimate of drug-likeness (QED) is 0.794. The third-order valence-corrected chi connectivity index (χ3v) is 5.30. The number of carbonyl (C=O) groups is 1. The molecule has 5 heteroatoms. The summed E-state index contributed by atoms with van der Waals surface area (Å²) >= 11 is 0. The summed E-state index contributed by atoms with van der Waals surface area (Å²) in [5.41, 5.74) is -0.163. The molecular weight excluding hydrogens is 264 g/mol. The highest BCUT2D eigenvalue weighted by Crippen LogP contribution is 2.28. The van der Waals surface area contributed by atoms with E-state index in [2.05, 4.69) is 48.3 Å². The van der Waals surface area contributed by atoms with Gasteiger partial charge in [-0.3, -0.25) is 9.69 Å². The summed E-state index contributed by atoms with van der Waals surface area (Å²) in [6.07, 6.45) is 1.88. The van der Waals surface area contributed by atoms with E-state index in [0.717, 1.165) is 58.7 Å². The van der Waals surface area contributed by atoms with Gasteiger partial charge in [0.1, 0.15) is 0 Å². The number of carbonyl (C=O) groups excluding carboxylic acids is 1. The number of likely N-dealkylation sites (N-methyl/N-ethyl adjacent to an activating group) is 1. The van der Waals surface area contributed by atoms with Crippen LogP contribution in [-0.4, -0.2) is 74.1 Å². The molecule has 2 fully saturated rings. The molecule has 2 N–H and O–H groups in total. The molecule has 0 bridgehead atoms. The van der Waals surface area contributed by atoms with Crippen LogP contribution in [0.2, 0.25) is 0 Å². The first kappa shape index (κ1) is 16.7. The second kappa shape index (κ2) is 6.63. The Morgan fingerprint density at radius 2 is 1.76 bits per heavy atom. The molecule has 0 aliphatic carbocycles. The van der Waals surface area contributed by atoms with Gasteiger partial charge in [-0.05, 0) is 46.8 Å². The predicted octanol–water partition coefficient (Wildman–Crippen LogP) is 0.518. The maximum Gasteiger partial charge on any atom is 0.226 e. The first-order chi connectivity index (χ1) is 9.83. The molecule has 2 aliphatic heterocycles. The van der Waals surface area contributed by atoms with E-state index in [1.807, 2.05) is 0 Å². The van der Waals surface area contributed by atoms with Crippen LogP contribution in [0.3, 0.4) is 0 Å². The van der Waals surface area contributed by atoms with Crippen molar-refractivity contribution in [2.24, 2.45) is 5.41 Å². The van der Waals surface area contributed by atoms with E-state index in [9.17, 15) is 4.79 Å². The molecule has 21 heavy (non-hydrogen) atoms. The molecule has 0 unspecified atom stereocenters. The lowest BCUT2D eigenvalue weighted by Crippen LogP contribution is -2.59. The van der Waals surface area contributed by atoms with Gasteiger partial charge in [-0.1, -0.05) is 6.92 Å². The van der Waals surface area contributed by atoms with Gasteiger partial charge in [-0.25, -0.2) is 0 Å². The zero-order valence-electron chi connectivity index (χ0n) is 14.2. The van der Waals surface area contributed by atoms with Gasteiger partial charge < -0.3 is 15.5 Å². The molecule has 5 nitrogen and oxygen atoms in total. The van der Waals surface area contributed by atoms with Crippen molar-refractivity contribution >= 4 is 5.91 Å². The van der Waals surface area contributed by atoms with Crippen LogP contribution in [0.15, 0.2) is 0 Å². The normalized spacial score (nSPS) is 24.8. The SMILES string of the molecule is CN1CCN(C(C)(C)CNC(=O)C2(C)CCNCC2)CC1. The van der Waals surface area contributed by atoms with E-state index < -0.39 is 0 Å². The van der Waals surface area contributed by atoms with Gasteiger partial charge in [-0.15, -0.1) is 0 Å². The average Bonchev–Trinajstić information content (AvgIpc) is 2.46. The molecule has 2 rings (SSSR count). The lowest BCUT2D eigenvalue weighted by molar-refractivity contribution is -0.132. The van der Waals surface area contributed by atoms with E-state index in [0.29, 0.717) is 0 Å². The third-order valence-electron chi connectivity index (χ3n) is 5.30. The number of piperazine rings is 1. The van der Waals surface area contributed by atoms with Crippen molar-refractivity contribution in [3.63, 3.8) is 0 Å². The summed E-state index contributed by atoms with van der Waals surface area (Å²) < 4.78 is 0. The van der Waals surface area contributed by atoms with Gasteiger partial charge in [0.05, 0.1) is 0 Å². The smallest absolute Gasteiger partial charge is 0.226 e. The topological polar surface area (TPSA) is 47.6 Å². The Hall–Kier alpha value is -0.650. The summed E-state index contributed by atoms with van der Waals surface area (Å²) in [5, 5.41) is 6.55. The van der Waals surface area contributed by atoms with Crippen molar-refractivity contribution in [1.29, 1.82) is 0 Å². The second-order valence-corrected chi connectivity index (χ2v) is 7.60. The number of amides is 1. The van der Waals surface area contributed by atoms with Crippen LogP contribution < -0.4 is 10.6 Å². The highest BCUT2D eigenvalue weighted by Gasteiger charge is 2.36. The van der Waals surface area contributed by atoms with E-state index in [4.69, 9.17) is 0 Å². The van der Waals surface area contributed by atoms with Crippen LogP contribution in [0.25, 0.3) is 0 Å². The fraction of sp³-hybridized carbons (Fsp3) is 0.938. The fourth-order valence-electron chi connectivity index (χ4n) is 3.24. The monoisotopic (exact) mass is 296 g/mol. The zero-order chi connectivity index (χ0) is 15.5. The highest BCUT2D eigenvalue weighted by atomic mass is 16.2. The van der Waals surface area contributed by atoms with Gasteiger partial charge in [0, 0.05) is 43.7 Å². The number of rotatable bonds is 4. The van der Waals surface area contributed by atoms with E-state index in [1.165, 1.54) is 0 Å². The summed E-state index contributed by atoms with van der Waals surface area (Å²) in [6.45, 7) is 13.6. The van der Waals surface area contributed by atoms with Crippen LogP contribution in [0.4, 0.5) is 0 Å². The van der Waals surface area contributed by atoms with E-state index >= 15 is 0 Å². The third kappa shape index (κ3) is 4.18. The Kier molecular flexibility index (Phi) is 5.28. The lowest BCUT2D eigenvalue weighted by atomic mass is 9.80. The predicted molar refractivity (Wildman–Crippen MR) is 86.4 cm³/mol. The molecular formula is C16H32N4O. The largest absolute Gasteiger partial charge is 0.354 e. The minimum absolute atomic E-state index is 0.0280. The Morgan fingerprint density at radius 3 is 2.33 bits per heavy atom. The van der Waals surface area contributed by atoms with E-state index in [-0.39, 0.29) is 16.9 Å². The molecule has 0 aromatic heterocycles. The fourth-order valence-corrected chi connectivity index (χ4v) is 3.24. The highest BCUT2D eigenvalue weighted by molar-refractivity contribution is 5.82. The van der Waals surface area contributed by atoms with Crippen molar-refractivity contribution < 1.29 is 4.79 Å². The zero-order valence-corrected chi connectivity index (χ0v) is 14.2. The molecule has 0 aromatic carbocycles. The van der Waals surface area contributed by atoms with Gasteiger partial charge in [0.25, 0.3) is 0 Å². The standard InChI is InChI=1S/C16H32N4O/c1-15(2,20-11-9-19(4)10-12-20)13-18-14(21)16(3)5-7-17-8-6-16/h17H,5-13H2,1-4H3,(H,18,21). The van der Waals surface area contributed by atoms with E-state index in [1.54, 1.807) is 0 Å². The Morgan fingerprint density at radius 1 is 1.19 bits per heavy atom. The summed E-state index contributed by atoms with van der Waals surface area (Å²) in [4.78, 5) is 17.4. The molecule has 122 valence electrons. The Bertz CT molecular complexity index is 355. The van der Waals surface area contributed by atoms with Crippen LogP contribution in [0, 0.1) is 5.41 Å². The maximum absolute atomic E-state index is 12.5. The lowest BCUT2D eigenvalue weighted by Gasteiger charge is -2.44. The van der Waals surface area contributed by atoms with Crippen LogP contribution >= 0.6 is 0 Å². The maximum atomic E-state index is 12.5.